The third-order valence-corrected chi connectivity index (χ3v) is 3.12. The molecular weight excluding hydrogens is 315 g/mol. The number of ether oxygens (including phenoxy) is 1. The number of amides is 3. The summed E-state index contributed by atoms with van der Waals surface area (Å²) in [6.45, 7) is 1.57. The highest BCUT2D eigenvalue weighted by molar-refractivity contribution is 5.96. The van der Waals surface area contributed by atoms with Crippen LogP contribution in [0.4, 0.5) is 18.0 Å². The van der Waals surface area contributed by atoms with Gasteiger partial charge in [0.05, 0.1) is 6.04 Å². The van der Waals surface area contributed by atoms with E-state index in [4.69, 9.17) is 0 Å². The molecule has 0 saturated carbocycles. The highest BCUT2D eigenvalue weighted by Gasteiger charge is 2.32. The summed E-state index contributed by atoms with van der Waals surface area (Å²) < 4.78 is 41.1. The van der Waals surface area contributed by atoms with Crippen molar-refractivity contribution in [3.05, 3.63) is 29.8 Å². The number of hydrogen-bond donors (Lipinski definition) is 2. The first-order valence-electron chi connectivity index (χ1n) is 6.70. The molecule has 1 rings (SSSR count). The zero-order chi connectivity index (χ0) is 17.6. The minimum absolute atomic E-state index is 0.0363. The van der Waals surface area contributed by atoms with Crippen molar-refractivity contribution in [2.45, 2.75) is 25.9 Å². The van der Waals surface area contributed by atoms with Crippen LogP contribution in [0.5, 0.6) is 5.75 Å². The first-order valence-corrected chi connectivity index (χ1v) is 6.70. The van der Waals surface area contributed by atoms with E-state index in [9.17, 15) is 22.8 Å². The SMILES string of the molecule is CNC(=O)NC(=O)[C@H](C)N(C)Cc1ccccc1OC(F)(F)F. The van der Waals surface area contributed by atoms with Crippen molar-refractivity contribution in [3.63, 3.8) is 0 Å². The number of halogens is 3. The monoisotopic (exact) mass is 333 g/mol. The zero-order valence-electron chi connectivity index (χ0n) is 12.9. The van der Waals surface area contributed by atoms with Crippen LogP contribution in [0.25, 0.3) is 0 Å². The molecule has 0 heterocycles. The van der Waals surface area contributed by atoms with Gasteiger partial charge in [-0.25, -0.2) is 4.79 Å². The molecule has 0 radical (unpaired) electrons. The lowest BCUT2D eigenvalue weighted by atomic mass is 10.1. The first-order chi connectivity index (χ1) is 10.6. The van der Waals surface area contributed by atoms with E-state index < -0.39 is 24.3 Å². The number of benzene rings is 1. The van der Waals surface area contributed by atoms with Crippen LogP contribution in [-0.4, -0.2) is 43.3 Å². The molecule has 0 saturated heterocycles. The summed E-state index contributed by atoms with van der Waals surface area (Å²) in [4.78, 5) is 24.4. The minimum Gasteiger partial charge on any atom is -0.405 e. The molecule has 23 heavy (non-hydrogen) atoms. The Bertz CT molecular complexity index is 564. The number of imide groups is 1. The van der Waals surface area contributed by atoms with Gasteiger partial charge in [0.15, 0.2) is 0 Å². The summed E-state index contributed by atoms with van der Waals surface area (Å²) in [5.41, 5.74) is 0.270. The Morgan fingerprint density at radius 1 is 1.30 bits per heavy atom. The van der Waals surface area contributed by atoms with Crippen molar-refractivity contribution in [1.82, 2.24) is 15.5 Å². The minimum atomic E-state index is -4.79. The predicted octanol–water partition coefficient (Wildman–Crippen LogP) is 1.86. The molecule has 1 aromatic carbocycles. The molecule has 0 bridgehead atoms. The van der Waals surface area contributed by atoms with Gasteiger partial charge < -0.3 is 10.1 Å². The molecule has 0 fully saturated rings. The number of hydrogen-bond acceptors (Lipinski definition) is 4. The average Bonchev–Trinajstić information content (AvgIpc) is 2.46. The second-order valence-corrected chi connectivity index (χ2v) is 4.81. The molecule has 3 amide bonds. The molecule has 6 nitrogen and oxygen atoms in total. The number of carbonyl (C=O) groups is 2. The normalized spacial score (nSPS) is 12.7. The van der Waals surface area contributed by atoms with E-state index in [0.29, 0.717) is 0 Å². The summed E-state index contributed by atoms with van der Waals surface area (Å²) in [5, 5.41) is 4.35. The number of para-hydroxylation sites is 1. The van der Waals surface area contributed by atoms with Gasteiger partial charge in [0.1, 0.15) is 5.75 Å². The molecule has 1 atom stereocenters. The second kappa shape index (κ2) is 7.82. The van der Waals surface area contributed by atoms with E-state index in [0.717, 1.165) is 0 Å². The van der Waals surface area contributed by atoms with Crippen molar-refractivity contribution in [2.24, 2.45) is 0 Å². The predicted molar refractivity (Wildman–Crippen MR) is 76.7 cm³/mol. The summed E-state index contributed by atoms with van der Waals surface area (Å²) in [7, 11) is 2.92. The molecule has 128 valence electrons. The van der Waals surface area contributed by atoms with Gasteiger partial charge in [0, 0.05) is 19.2 Å². The Morgan fingerprint density at radius 3 is 2.48 bits per heavy atom. The van der Waals surface area contributed by atoms with Gasteiger partial charge in [0.2, 0.25) is 5.91 Å². The molecule has 0 aliphatic rings. The Labute approximate surface area is 131 Å². The van der Waals surface area contributed by atoms with Crippen LogP contribution in [0, 0.1) is 0 Å². The van der Waals surface area contributed by atoms with E-state index in [-0.39, 0.29) is 17.9 Å². The fourth-order valence-corrected chi connectivity index (χ4v) is 1.74. The largest absolute Gasteiger partial charge is 0.573 e. The first kappa shape index (κ1) is 18.8. The Hall–Kier alpha value is -2.29. The van der Waals surface area contributed by atoms with Crippen LogP contribution in [-0.2, 0) is 11.3 Å². The van der Waals surface area contributed by atoms with E-state index >= 15 is 0 Å². The molecule has 1 aromatic rings. The van der Waals surface area contributed by atoms with Crippen LogP contribution in [0.1, 0.15) is 12.5 Å². The smallest absolute Gasteiger partial charge is 0.405 e. The van der Waals surface area contributed by atoms with Crippen LogP contribution in [0.2, 0.25) is 0 Å². The van der Waals surface area contributed by atoms with Gasteiger partial charge in [-0.1, -0.05) is 18.2 Å². The number of rotatable bonds is 5. The third-order valence-electron chi connectivity index (χ3n) is 3.12. The Morgan fingerprint density at radius 2 is 1.91 bits per heavy atom. The molecule has 0 spiro atoms. The second-order valence-electron chi connectivity index (χ2n) is 4.81. The standard InChI is InChI=1S/C14H18F3N3O3/c1-9(12(21)19-13(22)18-2)20(3)8-10-6-4-5-7-11(10)23-14(15,16)17/h4-7,9H,8H2,1-3H3,(H2,18,19,21,22)/t9-/m0/s1. The van der Waals surface area contributed by atoms with Gasteiger partial charge in [-0.3, -0.25) is 15.0 Å². The summed E-state index contributed by atoms with van der Waals surface area (Å²) in [6, 6.07) is 4.28. The maximum absolute atomic E-state index is 12.4. The number of likely N-dealkylation sites (N-methyl/N-ethyl adjacent to an activating group) is 1. The van der Waals surface area contributed by atoms with Crippen LogP contribution < -0.4 is 15.4 Å². The molecule has 2 N–H and O–H groups in total. The Balaban J connectivity index is 2.79. The van der Waals surface area contributed by atoms with Gasteiger partial charge in [-0.15, -0.1) is 13.2 Å². The molecule has 9 heteroatoms. The van der Waals surface area contributed by atoms with Crippen molar-refractivity contribution >= 4 is 11.9 Å². The van der Waals surface area contributed by atoms with E-state index in [1.165, 1.54) is 37.1 Å². The topological polar surface area (TPSA) is 70.7 Å². The number of urea groups is 1. The zero-order valence-corrected chi connectivity index (χ0v) is 12.9. The molecule has 0 aliphatic carbocycles. The van der Waals surface area contributed by atoms with Crippen molar-refractivity contribution in [2.75, 3.05) is 14.1 Å². The number of nitrogens with zero attached hydrogens (tertiary/aromatic N) is 1. The fourth-order valence-electron chi connectivity index (χ4n) is 1.74. The maximum atomic E-state index is 12.4. The average molecular weight is 333 g/mol. The van der Waals surface area contributed by atoms with Crippen molar-refractivity contribution in [1.29, 1.82) is 0 Å². The molecule has 0 aromatic heterocycles. The lowest BCUT2D eigenvalue weighted by molar-refractivity contribution is -0.275. The van der Waals surface area contributed by atoms with Gasteiger partial charge >= 0.3 is 12.4 Å². The third kappa shape index (κ3) is 6.15. The van der Waals surface area contributed by atoms with E-state index in [2.05, 4.69) is 15.4 Å². The van der Waals surface area contributed by atoms with Crippen molar-refractivity contribution < 1.29 is 27.5 Å². The Kier molecular flexibility index (Phi) is 6.38. The van der Waals surface area contributed by atoms with Gasteiger partial charge in [-0.2, -0.15) is 0 Å². The quantitative estimate of drug-likeness (QED) is 0.863. The van der Waals surface area contributed by atoms with Gasteiger partial charge in [-0.05, 0) is 20.0 Å². The fraction of sp³-hybridized carbons (Fsp3) is 0.429. The lowest BCUT2D eigenvalue weighted by Gasteiger charge is -2.24. The van der Waals surface area contributed by atoms with Crippen LogP contribution in [0.15, 0.2) is 24.3 Å². The summed E-state index contributed by atoms with van der Waals surface area (Å²) in [5.74, 6) is -0.896. The number of carbonyl (C=O) groups excluding carboxylic acids is 2. The van der Waals surface area contributed by atoms with Crippen LogP contribution in [0.3, 0.4) is 0 Å². The van der Waals surface area contributed by atoms with Crippen LogP contribution >= 0.6 is 0 Å². The molecule has 0 unspecified atom stereocenters. The highest BCUT2D eigenvalue weighted by Crippen LogP contribution is 2.27. The van der Waals surface area contributed by atoms with E-state index in [1.807, 2.05) is 0 Å². The summed E-state index contributed by atoms with van der Waals surface area (Å²) in [6.07, 6.45) is -4.79. The van der Waals surface area contributed by atoms with Gasteiger partial charge in [0.25, 0.3) is 0 Å². The molecule has 0 aliphatic heterocycles. The summed E-state index contributed by atoms with van der Waals surface area (Å²) >= 11 is 0. The maximum Gasteiger partial charge on any atom is 0.573 e. The highest BCUT2D eigenvalue weighted by atomic mass is 19.4. The lowest BCUT2D eigenvalue weighted by Crippen LogP contribution is -2.47. The van der Waals surface area contributed by atoms with E-state index in [1.54, 1.807) is 13.1 Å². The molecular formula is C14H18F3N3O3. The van der Waals surface area contributed by atoms with Crippen molar-refractivity contribution in [3.8, 4) is 5.75 Å². The number of nitrogens with one attached hydrogen (secondary N) is 2. The number of alkyl halides is 3.